The zero-order valence-electron chi connectivity index (χ0n) is 7.36. The molecule has 0 aromatic heterocycles. The Hall–Kier alpha value is -1.56. The van der Waals surface area contributed by atoms with Crippen LogP contribution in [0.15, 0.2) is 24.3 Å². The summed E-state index contributed by atoms with van der Waals surface area (Å²) in [6.07, 6.45) is -3.26. The number of hydrogen-bond acceptors (Lipinski definition) is 3. The normalized spacial score (nSPS) is 14.7. The van der Waals surface area contributed by atoms with Crippen molar-refractivity contribution in [3.8, 4) is 5.75 Å². The summed E-state index contributed by atoms with van der Waals surface area (Å²) < 4.78 is 40.3. The van der Waals surface area contributed by atoms with Gasteiger partial charge in [0.2, 0.25) is 0 Å². The van der Waals surface area contributed by atoms with E-state index >= 15 is 0 Å². The fraction of sp³-hybridized carbons (Fsp3) is 0.222. The molecular weight excluding hydrogens is 213 g/mol. The number of alkyl halides is 3. The number of aldehydes is 1. The van der Waals surface area contributed by atoms with E-state index in [0.29, 0.717) is 6.29 Å². The molecule has 0 saturated carbocycles. The monoisotopic (exact) mass is 220 g/mol. The highest BCUT2D eigenvalue weighted by molar-refractivity contribution is 5.75. The molecule has 15 heavy (non-hydrogen) atoms. The Morgan fingerprint density at radius 2 is 2.13 bits per heavy atom. The summed E-state index contributed by atoms with van der Waals surface area (Å²) in [6, 6.07) is 0.793. The van der Waals surface area contributed by atoms with E-state index in [2.05, 4.69) is 4.74 Å². The molecular formula is C9H7F3O3. The van der Waals surface area contributed by atoms with Crippen LogP contribution in [0.25, 0.3) is 0 Å². The second-order valence-corrected chi connectivity index (χ2v) is 2.70. The molecule has 1 aromatic carbocycles. The SMILES string of the molecule is O=Cc1cccc(OC(O)(F)C(F)F)c1. The third-order valence-corrected chi connectivity index (χ3v) is 1.52. The number of carbonyl (C=O) groups is 1. The second kappa shape index (κ2) is 4.31. The molecule has 0 fully saturated rings. The highest BCUT2D eigenvalue weighted by Crippen LogP contribution is 2.23. The largest absolute Gasteiger partial charge is 0.432 e. The van der Waals surface area contributed by atoms with E-state index in [1.54, 1.807) is 0 Å². The molecule has 82 valence electrons. The molecule has 1 unspecified atom stereocenters. The quantitative estimate of drug-likeness (QED) is 0.621. The van der Waals surface area contributed by atoms with E-state index in [1.807, 2.05) is 0 Å². The highest BCUT2D eigenvalue weighted by atomic mass is 19.3. The number of benzene rings is 1. The van der Waals surface area contributed by atoms with Crippen LogP contribution in [0.3, 0.4) is 0 Å². The molecule has 1 rings (SSSR count). The minimum absolute atomic E-state index is 0.123. The van der Waals surface area contributed by atoms with Crippen LogP contribution in [0.2, 0.25) is 0 Å². The van der Waals surface area contributed by atoms with Gasteiger partial charge in [0.15, 0.2) is 0 Å². The van der Waals surface area contributed by atoms with Crippen LogP contribution in [0.1, 0.15) is 10.4 Å². The Bertz CT molecular complexity index is 352. The molecule has 1 N–H and O–H groups in total. The van der Waals surface area contributed by atoms with Crippen LogP contribution in [-0.2, 0) is 0 Å². The average molecular weight is 220 g/mol. The molecule has 3 nitrogen and oxygen atoms in total. The fourth-order valence-electron chi connectivity index (χ4n) is 0.861. The third kappa shape index (κ3) is 2.95. The second-order valence-electron chi connectivity index (χ2n) is 2.70. The van der Waals surface area contributed by atoms with Gasteiger partial charge in [-0.05, 0) is 12.1 Å². The molecule has 6 heteroatoms. The zero-order chi connectivity index (χ0) is 11.5. The number of ether oxygens (including phenoxy) is 1. The van der Waals surface area contributed by atoms with Crippen molar-refractivity contribution >= 4 is 6.29 Å². The lowest BCUT2D eigenvalue weighted by Crippen LogP contribution is -2.38. The summed E-state index contributed by atoms with van der Waals surface area (Å²) in [7, 11) is 0. The first-order chi connectivity index (χ1) is 6.95. The molecule has 0 saturated heterocycles. The summed E-state index contributed by atoms with van der Waals surface area (Å²) in [4.78, 5) is 10.3. The molecule has 0 aliphatic heterocycles. The van der Waals surface area contributed by atoms with Gasteiger partial charge in [0.1, 0.15) is 12.0 Å². The summed E-state index contributed by atoms with van der Waals surface area (Å²) >= 11 is 0. The van der Waals surface area contributed by atoms with E-state index in [4.69, 9.17) is 5.11 Å². The van der Waals surface area contributed by atoms with Gasteiger partial charge in [0, 0.05) is 5.56 Å². The first kappa shape index (κ1) is 11.5. The maximum absolute atomic E-state index is 12.6. The predicted octanol–water partition coefficient (Wildman–Crippen LogP) is 1.76. The topological polar surface area (TPSA) is 46.5 Å². The van der Waals surface area contributed by atoms with Gasteiger partial charge in [-0.1, -0.05) is 12.1 Å². The summed E-state index contributed by atoms with van der Waals surface area (Å²) in [5.41, 5.74) is 0.123. The molecule has 1 atom stereocenters. The minimum atomic E-state index is -4.05. The van der Waals surface area contributed by atoms with Crippen molar-refractivity contribution in [2.75, 3.05) is 0 Å². The smallest absolute Gasteiger partial charge is 0.424 e. The van der Waals surface area contributed by atoms with E-state index in [0.717, 1.165) is 12.1 Å². The van der Waals surface area contributed by atoms with Crippen molar-refractivity contribution in [1.29, 1.82) is 0 Å². The Labute approximate surface area is 83.1 Å². The van der Waals surface area contributed by atoms with Crippen molar-refractivity contribution in [3.05, 3.63) is 29.8 Å². The van der Waals surface area contributed by atoms with Crippen LogP contribution in [-0.4, -0.2) is 23.9 Å². The molecule has 0 heterocycles. The Kier molecular flexibility index (Phi) is 3.31. The first-order valence-corrected chi connectivity index (χ1v) is 3.89. The molecule has 0 aliphatic carbocycles. The summed E-state index contributed by atoms with van der Waals surface area (Å²) in [6.45, 7) is 0. The third-order valence-electron chi connectivity index (χ3n) is 1.52. The summed E-state index contributed by atoms with van der Waals surface area (Å²) in [5.74, 6) is -0.357. The van der Waals surface area contributed by atoms with Gasteiger partial charge >= 0.3 is 12.5 Å². The Morgan fingerprint density at radius 1 is 1.47 bits per heavy atom. The van der Waals surface area contributed by atoms with E-state index < -0.39 is 12.5 Å². The minimum Gasteiger partial charge on any atom is -0.432 e. The van der Waals surface area contributed by atoms with Crippen LogP contribution < -0.4 is 4.74 Å². The predicted molar refractivity (Wildman–Crippen MR) is 44.5 cm³/mol. The number of rotatable bonds is 4. The van der Waals surface area contributed by atoms with Crippen LogP contribution >= 0.6 is 0 Å². The Morgan fingerprint density at radius 3 is 2.67 bits per heavy atom. The molecule has 0 bridgehead atoms. The number of hydrogen-bond donors (Lipinski definition) is 1. The fourth-order valence-corrected chi connectivity index (χ4v) is 0.861. The van der Waals surface area contributed by atoms with Gasteiger partial charge in [-0.3, -0.25) is 4.79 Å². The van der Waals surface area contributed by atoms with Gasteiger partial charge in [-0.15, -0.1) is 0 Å². The average Bonchev–Trinajstić information content (AvgIpc) is 2.17. The molecule has 0 aliphatic rings. The van der Waals surface area contributed by atoms with Crippen molar-refractivity contribution < 1.29 is 27.8 Å². The molecule has 0 spiro atoms. The van der Waals surface area contributed by atoms with Crippen LogP contribution in [0.5, 0.6) is 5.75 Å². The van der Waals surface area contributed by atoms with Gasteiger partial charge in [-0.2, -0.15) is 13.2 Å². The lowest BCUT2D eigenvalue weighted by molar-refractivity contribution is -0.302. The standard InChI is InChI=1S/C9H7F3O3/c10-8(11)9(12,14)15-7-3-1-2-6(4-7)5-13/h1-5,8,14H. The first-order valence-electron chi connectivity index (χ1n) is 3.89. The van der Waals surface area contributed by atoms with Crippen molar-refractivity contribution in [2.24, 2.45) is 0 Å². The molecule has 1 aromatic rings. The van der Waals surface area contributed by atoms with E-state index in [9.17, 15) is 18.0 Å². The van der Waals surface area contributed by atoms with Gasteiger partial charge in [0.25, 0.3) is 0 Å². The zero-order valence-corrected chi connectivity index (χ0v) is 7.36. The number of carbonyl (C=O) groups excluding carboxylic acids is 1. The van der Waals surface area contributed by atoms with Gasteiger partial charge in [0.05, 0.1) is 0 Å². The molecule has 0 radical (unpaired) electrons. The van der Waals surface area contributed by atoms with E-state index in [1.165, 1.54) is 12.1 Å². The van der Waals surface area contributed by atoms with Crippen LogP contribution in [0.4, 0.5) is 13.2 Å². The Balaban J connectivity index is 2.84. The van der Waals surface area contributed by atoms with Gasteiger partial charge < -0.3 is 9.84 Å². The highest BCUT2D eigenvalue weighted by Gasteiger charge is 2.41. The lowest BCUT2D eigenvalue weighted by Gasteiger charge is -2.18. The lowest BCUT2D eigenvalue weighted by atomic mass is 10.2. The molecule has 0 amide bonds. The van der Waals surface area contributed by atoms with E-state index in [-0.39, 0.29) is 11.3 Å². The van der Waals surface area contributed by atoms with Crippen molar-refractivity contribution in [1.82, 2.24) is 0 Å². The van der Waals surface area contributed by atoms with Gasteiger partial charge in [-0.25, -0.2) is 0 Å². The van der Waals surface area contributed by atoms with Crippen LogP contribution in [0, 0.1) is 0 Å². The number of halogens is 3. The van der Waals surface area contributed by atoms with Crippen molar-refractivity contribution in [2.45, 2.75) is 12.5 Å². The summed E-state index contributed by atoms with van der Waals surface area (Å²) in [5, 5.41) is 8.48. The number of aliphatic hydroxyl groups is 1. The maximum Gasteiger partial charge on any atom is 0.424 e. The maximum atomic E-state index is 12.6. The van der Waals surface area contributed by atoms with Crippen molar-refractivity contribution in [3.63, 3.8) is 0 Å².